The Labute approximate surface area is 159 Å². The first-order valence-electron chi connectivity index (χ1n) is 8.89. The second-order valence-electron chi connectivity index (χ2n) is 6.56. The highest BCUT2D eigenvalue weighted by atomic mass is 32.2. The molecule has 2 fully saturated rings. The highest BCUT2D eigenvalue weighted by Crippen LogP contribution is 2.37. The van der Waals surface area contributed by atoms with E-state index in [0.717, 1.165) is 49.5 Å². The lowest BCUT2D eigenvalue weighted by Crippen LogP contribution is -2.30. The Hall–Kier alpha value is -2.36. The largest absolute Gasteiger partial charge is 0.496 e. The lowest BCUT2D eigenvalue weighted by atomic mass is 10.0. The highest BCUT2D eigenvalue weighted by Gasteiger charge is 2.33. The van der Waals surface area contributed by atoms with E-state index in [-0.39, 0.29) is 0 Å². The van der Waals surface area contributed by atoms with E-state index < -0.39 is 0 Å². The minimum Gasteiger partial charge on any atom is -0.496 e. The Morgan fingerprint density at radius 2 is 2.00 bits per heavy atom. The number of nitrogens with zero attached hydrogens (tertiary/aromatic N) is 4. The van der Waals surface area contributed by atoms with Gasteiger partial charge in [0.1, 0.15) is 5.75 Å². The van der Waals surface area contributed by atoms with Gasteiger partial charge in [0.25, 0.3) is 0 Å². The average molecular weight is 366 g/mol. The molecular formula is C20H22N4OS. The second kappa shape index (κ2) is 7.48. The summed E-state index contributed by atoms with van der Waals surface area (Å²) in [7, 11) is 1.71. The number of rotatable bonds is 4. The molecule has 26 heavy (non-hydrogen) atoms. The van der Waals surface area contributed by atoms with Crippen LogP contribution >= 0.6 is 12.1 Å². The number of likely N-dealkylation sites (tertiary alicyclic amines) is 1. The van der Waals surface area contributed by atoms with Crippen molar-refractivity contribution in [3.63, 3.8) is 0 Å². The third kappa shape index (κ3) is 3.33. The number of para-hydroxylation sites is 1. The molecule has 0 N–H and O–H groups in total. The van der Waals surface area contributed by atoms with Crippen molar-refractivity contribution in [3.05, 3.63) is 48.5 Å². The number of anilines is 1. The molecule has 2 aliphatic heterocycles. The maximum atomic E-state index is 9.07. The van der Waals surface area contributed by atoms with Gasteiger partial charge in [-0.25, -0.2) is 4.31 Å². The molecule has 0 aromatic heterocycles. The topological polar surface area (TPSA) is 42.7 Å². The van der Waals surface area contributed by atoms with Crippen molar-refractivity contribution in [1.29, 1.82) is 5.26 Å². The molecule has 0 radical (unpaired) electrons. The van der Waals surface area contributed by atoms with Gasteiger partial charge in [-0.3, -0.25) is 0 Å². The van der Waals surface area contributed by atoms with Gasteiger partial charge in [-0.2, -0.15) is 5.26 Å². The first kappa shape index (κ1) is 17.1. The van der Waals surface area contributed by atoms with E-state index in [2.05, 4.69) is 45.1 Å². The van der Waals surface area contributed by atoms with E-state index in [1.165, 1.54) is 5.69 Å². The lowest BCUT2D eigenvalue weighted by Gasteiger charge is -2.22. The van der Waals surface area contributed by atoms with Crippen molar-refractivity contribution in [2.24, 2.45) is 0 Å². The van der Waals surface area contributed by atoms with Gasteiger partial charge in [-0.1, -0.05) is 30.3 Å². The zero-order valence-corrected chi connectivity index (χ0v) is 15.7. The van der Waals surface area contributed by atoms with Crippen LogP contribution in [0.2, 0.25) is 0 Å². The normalized spacial score (nSPS) is 20.4. The van der Waals surface area contributed by atoms with Crippen molar-refractivity contribution in [1.82, 2.24) is 9.21 Å². The molecular weight excluding hydrogens is 344 g/mol. The summed E-state index contributed by atoms with van der Waals surface area (Å²) in [6, 6.07) is 17.2. The lowest BCUT2D eigenvalue weighted by molar-refractivity contribution is 0.370. The molecule has 134 valence electrons. The van der Waals surface area contributed by atoms with E-state index in [1.54, 1.807) is 19.2 Å². The number of hydrogen-bond donors (Lipinski definition) is 0. The van der Waals surface area contributed by atoms with Gasteiger partial charge < -0.3 is 13.9 Å². The third-order valence-corrected chi connectivity index (χ3v) is 6.27. The van der Waals surface area contributed by atoms with E-state index >= 15 is 0 Å². The van der Waals surface area contributed by atoms with Gasteiger partial charge in [0.05, 0.1) is 7.11 Å². The molecule has 2 saturated heterocycles. The van der Waals surface area contributed by atoms with Crippen LogP contribution in [0.15, 0.2) is 48.5 Å². The Bertz CT molecular complexity index is 821. The average Bonchev–Trinajstić information content (AvgIpc) is 3.37. The summed E-state index contributed by atoms with van der Waals surface area (Å²) in [6.07, 6.45) is 3.33. The molecule has 2 aliphatic rings. The molecule has 2 aromatic carbocycles. The summed E-state index contributed by atoms with van der Waals surface area (Å²) in [4.78, 5) is 1.86. The van der Waals surface area contributed by atoms with Crippen LogP contribution < -0.4 is 9.04 Å². The minimum absolute atomic E-state index is 0.460. The first-order valence-corrected chi connectivity index (χ1v) is 9.62. The molecule has 6 heteroatoms. The molecule has 4 rings (SSSR count). The Morgan fingerprint density at radius 1 is 1.12 bits per heavy atom. The number of hydrogen-bond acceptors (Lipinski definition) is 6. The molecule has 0 bridgehead atoms. The maximum absolute atomic E-state index is 9.07. The van der Waals surface area contributed by atoms with Crippen LogP contribution in [-0.2, 0) is 0 Å². The first-order chi connectivity index (χ1) is 12.8. The molecule has 2 aromatic rings. The number of benzene rings is 2. The van der Waals surface area contributed by atoms with E-state index in [1.807, 2.05) is 23.1 Å². The van der Waals surface area contributed by atoms with Crippen LogP contribution in [0, 0.1) is 11.5 Å². The zero-order chi connectivity index (χ0) is 17.9. The monoisotopic (exact) mass is 366 g/mol. The van der Waals surface area contributed by atoms with Gasteiger partial charge in [-0.15, -0.1) is 0 Å². The summed E-state index contributed by atoms with van der Waals surface area (Å²) in [5.74, 6) is 0.892. The maximum Gasteiger partial charge on any atom is 0.179 e. The van der Waals surface area contributed by atoms with Gasteiger partial charge in [0.15, 0.2) is 6.19 Å². The van der Waals surface area contributed by atoms with E-state index in [9.17, 15) is 0 Å². The predicted octanol–water partition coefficient (Wildman–Crippen LogP) is 3.60. The van der Waals surface area contributed by atoms with Crippen molar-refractivity contribution < 1.29 is 4.74 Å². The SMILES string of the molecule is COc1ccccc1-c1cccc(N2CCN(C3CCN(C#N)C3)S2)c1. The molecule has 5 nitrogen and oxygen atoms in total. The van der Waals surface area contributed by atoms with Crippen LogP contribution in [-0.4, -0.2) is 48.5 Å². The summed E-state index contributed by atoms with van der Waals surface area (Å²) in [6.45, 7) is 3.73. The number of nitriles is 1. The van der Waals surface area contributed by atoms with Crippen LogP contribution in [0.3, 0.4) is 0 Å². The second-order valence-corrected chi connectivity index (χ2v) is 7.64. The molecule has 1 atom stereocenters. The van der Waals surface area contributed by atoms with Crippen LogP contribution in [0.25, 0.3) is 11.1 Å². The summed E-state index contributed by atoms with van der Waals surface area (Å²) < 4.78 is 10.3. The Balaban J connectivity index is 1.50. The fraction of sp³-hybridized carbons (Fsp3) is 0.350. The predicted molar refractivity (Wildman–Crippen MR) is 106 cm³/mol. The molecule has 0 saturated carbocycles. The van der Waals surface area contributed by atoms with Gasteiger partial charge in [-0.05, 0) is 30.2 Å². The van der Waals surface area contributed by atoms with Crippen molar-refractivity contribution in [3.8, 4) is 23.1 Å². The van der Waals surface area contributed by atoms with Crippen LogP contribution in [0.5, 0.6) is 5.75 Å². The quantitative estimate of drug-likeness (QED) is 0.608. The van der Waals surface area contributed by atoms with Crippen molar-refractivity contribution in [2.45, 2.75) is 12.5 Å². The zero-order valence-electron chi connectivity index (χ0n) is 14.8. The van der Waals surface area contributed by atoms with Crippen LogP contribution in [0.4, 0.5) is 5.69 Å². The van der Waals surface area contributed by atoms with Gasteiger partial charge >= 0.3 is 0 Å². The summed E-state index contributed by atoms with van der Waals surface area (Å²) in [5.41, 5.74) is 3.48. The molecule has 0 aliphatic carbocycles. The minimum atomic E-state index is 0.460. The standard InChI is InChI=1S/C20H22N4OS/c1-25-20-8-3-2-7-19(20)16-5-4-6-17(13-16)23-11-12-24(26-23)18-9-10-22(14-18)15-21/h2-8,13,18H,9-12,14H2,1H3. The van der Waals surface area contributed by atoms with E-state index in [4.69, 9.17) is 10.00 Å². The summed E-state index contributed by atoms with van der Waals surface area (Å²) >= 11 is 1.79. The van der Waals surface area contributed by atoms with Crippen molar-refractivity contribution in [2.75, 3.05) is 37.6 Å². The molecule has 0 spiro atoms. The van der Waals surface area contributed by atoms with Crippen LogP contribution in [0.1, 0.15) is 6.42 Å². The van der Waals surface area contributed by atoms with Gasteiger partial charge in [0.2, 0.25) is 0 Å². The fourth-order valence-electron chi connectivity index (χ4n) is 3.60. The van der Waals surface area contributed by atoms with E-state index in [0.29, 0.717) is 6.04 Å². The Morgan fingerprint density at radius 3 is 2.81 bits per heavy atom. The molecule has 2 heterocycles. The number of ether oxygens (including phenoxy) is 1. The molecule has 1 unspecified atom stereocenters. The highest BCUT2D eigenvalue weighted by molar-refractivity contribution is 7.98. The fourth-order valence-corrected chi connectivity index (χ4v) is 4.70. The van der Waals surface area contributed by atoms with Crippen molar-refractivity contribution >= 4 is 17.8 Å². The number of methoxy groups -OCH3 is 1. The molecule has 0 amide bonds. The van der Waals surface area contributed by atoms with Gasteiger partial charge in [0, 0.05) is 55.6 Å². The Kier molecular flexibility index (Phi) is 4.91. The summed E-state index contributed by atoms with van der Waals surface area (Å²) in [5, 5.41) is 9.07. The smallest absolute Gasteiger partial charge is 0.179 e. The third-order valence-electron chi connectivity index (χ3n) is 4.99.